The van der Waals surface area contributed by atoms with Crippen LogP contribution in [0.1, 0.15) is 17.0 Å². The fourth-order valence-corrected chi connectivity index (χ4v) is 2.66. The van der Waals surface area contributed by atoms with Crippen molar-refractivity contribution in [2.45, 2.75) is 8.06 Å². The first-order chi connectivity index (χ1) is 6.09. The zero-order chi connectivity index (χ0) is 9.47. The fourth-order valence-electron chi connectivity index (χ4n) is 1.46. The Bertz CT molecular complexity index is 349. The van der Waals surface area contributed by atoms with Crippen LogP contribution in [0.2, 0.25) is 0 Å². The number of rotatable bonds is 0. The summed E-state index contributed by atoms with van der Waals surface area (Å²) in [4.78, 5) is 0. The monoisotopic (exact) mass is 363 g/mol. The van der Waals surface area contributed by atoms with Gasteiger partial charge in [0, 0.05) is 5.92 Å². The zero-order valence-electron chi connectivity index (χ0n) is 6.60. The first kappa shape index (κ1) is 9.94. The summed E-state index contributed by atoms with van der Waals surface area (Å²) in [7, 11) is 0. The standard InChI is InChI=1S/C10H6Br3/c11-10(12,13)9-6-5-7-3-1-2-4-8(7)9/h1-2,4-6,9H. The molecule has 1 aliphatic carbocycles. The van der Waals surface area contributed by atoms with Crippen LogP contribution < -0.4 is 0 Å². The number of fused-ring (bicyclic) bond motifs is 1. The van der Waals surface area contributed by atoms with Crippen LogP contribution in [0.5, 0.6) is 0 Å². The van der Waals surface area contributed by atoms with Crippen LogP contribution >= 0.6 is 47.8 Å². The van der Waals surface area contributed by atoms with Gasteiger partial charge in [-0.2, -0.15) is 0 Å². The van der Waals surface area contributed by atoms with Gasteiger partial charge in [-0.05, 0) is 17.2 Å². The Balaban J connectivity index is 2.45. The van der Waals surface area contributed by atoms with Gasteiger partial charge in [-0.3, -0.25) is 0 Å². The van der Waals surface area contributed by atoms with E-state index in [2.05, 4.69) is 72.1 Å². The minimum Gasteiger partial charge on any atom is -0.0733 e. The minimum atomic E-state index is -0.246. The second-order valence-corrected chi connectivity index (χ2v) is 9.86. The van der Waals surface area contributed by atoms with Gasteiger partial charge in [0.15, 0.2) is 0 Å². The molecule has 1 radical (unpaired) electrons. The average molecular weight is 366 g/mol. The summed E-state index contributed by atoms with van der Waals surface area (Å²) in [6.07, 6.45) is 4.25. The van der Waals surface area contributed by atoms with Crippen LogP contribution in [0.3, 0.4) is 0 Å². The summed E-state index contributed by atoms with van der Waals surface area (Å²) in [5, 5.41) is 0. The second kappa shape index (κ2) is 3.52. The van der Waals surface area contributed by atoms with Gasteiger partial charge in [0.25, 0.3) is 0 Å². The molecule has 0 aliphatic heterocycles. The van der Waals surface area contributed by atoms with Gasteiger partial charge in [-0.1, -0.05) is 78.1 Å². The van der Waals surface area contributed by atoms with Crippen molar-refractivity contribution >= 4 is 53.9 Å². The van der Waals surface area contributed by atoms with Crippen molar-refractivity contribution in [1.29, 1.82) is 0 Å². The summed E-state index contributed by atoms with van der Waals surface area (Å²) in [5.74, 6) is 0.306. The first-order valence-corrected chi connectivity index (χ1v) is 6.22. The van der Waals surface area contributed by atoms with Crippen molar-refractivity contribution in [3.05, 3.63) is 41.5 Å². The highest BCUT2D eigenvalue weighted by Gasteiger charge is 2.33. The second-order valence-electron chi connectivity index (χ2n) is 2.92. The smallest absolute Gasteiger partial charge is 0.0733 e. The van der Waals surface area contributed by atoms with Crippen molar-refractivity contribution in [3.63, 3.8) is 0 Å². The molecule has 0 amide bonds. The van der Waals surface area contributed by atoms with Crippen LogP contribution in [0, 0.1) is 6.07 Å². The van der Waals surface area contributed by atoms with Gasteiger partial charge in [-0.25, -0.2) is 0 Å². The molecule has 2 rings (SSSR count). The van der Waals surface area contributed by atoms with Crippen LogP contribution in [-0.2, 0) is 0 Å². The molecule has 1 aromatic carbocycles. The number of hydrogen-bond acceptors (Lipinski definition) is 0. The van der Waals surface area contributed by atoms with Gasteiger partial charge < -0.3 is 0 Å². The van der Waals surface area contributed by atoms with Gasteiger partial charge in [0.1, 0.15) is 2.14 Å². The molecule has 3 heteroatoms. The molecule has 0 spiro atoms. The number of benzene rings is 1. The van der Waals surface area contributed by atoms with Crippen LogP contribution in [0.25, 0.3) is 6.08 Å². The molecule has 0 saturated heterocycles. The van der Waals surface area contributed by atoms with Crippen molar-refractivity contribution in [3.8, 4) is 0 Å². The Morgan fingerprint density at radius 2 is 2.08 bits per heavy atom. The third kappa shape index (κ3) is 1.92. The minimum absolute atomic E-state index is 0.246. The van der Waals surface area contributed by atoms with Crippen molar-refractivity contribution < 1.29 is 0 Å². The lowest BCUT2D eigenvalue weighted by atomic mass is 10.0. The van der Waals surface area contributed by atoms with E-state index in [1.165, 1.54) is 11.1 Å². The third-order valence-corrected chi connectivity index (χ3v) is 3.54. The summed E-state index contributed by atoms with van der Waals surface area (Å²) in [5.41, 5.74) is 2.46. The predicted octanol–water partition coefficient (Wildman–Crippen LogP) is 4.44. The number of allylic oxidation sites excluding steroid dienone is 1. The maximum Gasteiger partial charge on any atom is 0.145 e. The fraction of sp³-hybridized carbons (Fsp3) is 0.200. The van der Waals surface area contributed by atoms with Crippen LogP contribution in [0.15, 0.2) is 24.3 Å². The third-order valence-electron chi connectivity index (χ3n) is 2.06. The van der Waals surface area contributed by atoms with E-state index in [4.69, 9.17) is 0 Å². The lowest BCUT2D eigenvalue weighted by molar-refractivity contribution is 0.955. The van der Waals surface area contributed by atoms with E-state index in [0.29, 0.717) is 5.92 Å². The molecule has 0 nitrogen and oxygen atoms in total. The first-order valence-electron chi connectivity index (χ1n) is 3.84. The molecule has 0 bridgehead atoms. The van der Waals surface area contributed by atoms with E-state index in [0.717, 1.165) is 0 Å². The quantitative estimate of drug-likeness (QED) is 0.596. The van der Waals surface area contributed by atoms with E-state index >= 15 is 0 Å². The lowest BCUT2D eigenvalue weighted by Gasteiger charge is -2.20. The van der Waals surface area contributed by atoms with E-state index < -0.39 is 0 Å². The average Bonchev–Trinajstić information content (AvgIpc) is 2.45. The SMILES string of the molecule is BrC(Br)(Br)C1C=Cc2[c]cccc21. The van der Waals surface area contributed by atoms with E-state index in [9.17, 15) is 0 Å². The zero-order valence-corrected chi connectivity index (χ0v) is 11.4. The van der Waals surface area contributed by atoms with Crippen molar-refractivity contribution in [1.82, 2.24) is 0 Å². The highest BCUT2D eigenvalue weighted by Crippen LogP contribution is 2.50. The Kier molecular flexibility index (Phi) is 2.69. The molecule has 13 heavy (non-hydrogen) atoms. The van der Waals surface area contributed by atoms with E-state index in [-0.39, 0.29) is 2.14 Å². The summed E-state index contributed by atoms with van der Waals surface area (Å²) in [6, 6.07) is 9.27. The molecule has 0 fully saturated rings. The molecular formula is C10H6Br3. The molecule has 67 valence electrons. The largest absolute Gasteiger partial charge is 0.145 e. The molecule has 0 N–H and O–H groups in total. The van der Waals surface area contributed by atoms with Crippen LogP contribution in [0.4, 0.5) is 0 Å². The van der Waals surface area contributed by atoms with Gasteiger partial charge >= 0.3 is 0 Å². The number of hydrogen-bond donors (Lipinski definition) is 0. The molecule has 0 saturated carbocycles. The normalized spacial score (nSPS) is 20.4. The van der Waals surface area contributed by atoms with E-state index in [1.807, 2.05) is 12.1 Å². The van der Waals surface area contributed by atoms with Crippen LogP contribution in [-0.4, -0.2) is 2.14 Å². The molecule has 1 unspecified atom stereocenters. The maximum absolute atomic E-state index is 3.54. The maximum atomic E-state index is 3.54. The Morgan fingerprint density at radius 1 is 1.31 bits per heavy atom. The summed E-state index contributed by atoms with van der Waals surface area (Å²) < 4.78 is -0.246. The van der Waals surface area contributed by atoms with E-state index in [1.54, 1.807) is 0 Å². The molecule has 0 aromatic heterocycles. The summed E-state index contributed by atoms with van der Waals surface area (Å²) >= 11 is 10.6. The Labute approximate surface area is 103 Å². The predicted molar refractivity (Wildman–Crippen MR) is 66.6 cm³/mol. The Morgan fingerprint density at radius 3 is 2.77 bits per heavy atom. The number of halogens is 3. The highest BCUT2D eigenvalue weighted by molar-refractivity contribution is 9.39. The molecular weight excluding hydrogens is 360 g/mol. The Hall–Kier alpha value is 0.400. The topological polar surface area (TPSA) is 0 Å². The highest BCUT2D eigenvalue weighted by atomic mass is 80.0. The summed E-state index contributed by atoms with van der Waals surface area (Å²) in [6.45, 7) is 0. The van der Waals surface area contributed by atoms with Crippen molar-refractivity contribution in [2.75, 3.05) is 0 Å². The lowest BCUT2D eigenvalue weighted by Crippen LogP contribution is -2.11. The molecule has 0 heterocycles. The van der Waals surface area contributed by atoms with Gasteiger partial charge in [-0.15, -0.1) is 0 Å². The number of alkyl halides is 3. The molecule has 1 atom stereocenters. The van der Waals surface area contributed by atoms with Crippen molar-refractivity contribution in [2.24, 2.45) is 0 Å². The molecule has 1 aromatic rings. The molecule has 1 aliphatic rings. The van der Waals surface area contributed by atoms with Gasteiger partial charge in [0.05, 0.1) is 0 Å². The van der Waals surface area contributed by atoms with Gasteiger partial charge in [0.2, 0.25) is 0 Å².